The number of aromatic nitrogens is 3. The highest BCUT2D eigenvalue weighted by molar-refractivity contribution is 7.14. The van der Waals surface area contributed by atoms with Gasteiger partial charge in [-0.2, -0.15) is 4.39 Å². The Hall–Kier alpha value is -2.54. The summed E-state index contributed by atoms with van der Waals surface area (Å²) in [5.74, 6) is 1.69. The topological polar surface area (TPSA) is 59.9 Å². The number of ether oxygens (including phenoxy) is 1. The summed E-state index contributed by atoms with van der Waals surface area (Å²) in [6, 6.07) is 7.37. The first-order valence-electron chi connectivity index (χ1n) is 11.0. The van der Waals surface area contributed by atoms with Crippen LogP contribution in [0.5, 0.6) is 5.75 Å². The van der Waals surface area contributed by atoms with E-state index >= 15 is 0 Å². The molecule has 164 valence electrons. The lowest BCUT2D eigenvalue weighted by molar-refractivity contribution is 0.153. The molecule has 7 heteroatoms. The zero-order chi connectivity index (χ0) is 21.8. The van der Waals surface area contributed by atoms with Crippen LogP contribution in [0.15, 0.2) is 30.5 Å². The number of anilines is 1. The molecule has 3 aromatic rings. The fourth-order valence-electron chi connectivity index (χ4n) is 3.86. The Balaban J connectivity index is 1.50. The zero-order valence-corrected chi connectivity index (χ0v) is 19.1. The smallest absolute Gasteiger partial charge is 0.223 e. The molecule has 1 saturated carbocycles. The van der Waals surface area contributed by atoms with Crippen molar-refractivity contribution in [2.24, 2.45) is 0 Å². The van der Waals surface area contributed by atoms with Gasteiger partial charge in [0.25, 0.3) is 0 Å². The summed E-state index contributed by atoms with van der Waals surface area (Å²) in [5, 5.41) is 2.99. The molecular weight excluding hydrogens is 411 g/mol. The lowest BCUT2D eigenvalue weighted by Gasteiger charge is -2.23. The minimum Gasteiger partial charge on any atom is -0.489 e. The molecule has 1 aliphatic rings. The fourth-order valence-corrected chi connectivity index (χ4v) is 4.74. The second-order valence-electron chi connectivity index (χ2n) is 8.38. The van der Waals surface area contributed by atoms with Crippen LogP contribution in [-0.2, 0) is 6.54 Å². The van der Waals surface area contributed by atoms with Crippen molar-refractivity contribution in [1.82, 2.24) is 15.0 Å². The molecule has 0 amide bonds. The molecule has 0 radical (unpaired) electrons. The molecule has 0 bridgehead atoms. The van der Waals surface area contributed by atoms with E-state index in [2.05, 4.69) is 29.1 Å². The molecule has 5 nitrogen and oxygen atoms in total. The van der Waals surface area contributed by atoms with Crippen molar-refractivity contribution in [2.75, 3.05) is 5.32 Å². The molecule has 1 fully saturated rings. The molecule has 0 spiro atoms. The molecule has 0 atom stereocenters. The molecule has 1 N–H and O–H groups in total. The van der Waals surface area contributed by atoms with Crippen molar-refractivity contribution in [3.8, 4) is 16.3 Å². The van der Waals surface area contributed by atoms with E-state index in [1.54, 1.807) is 12.3 Å². The van der Waals surface area contributed by atoms with Gasteiger partial charge in [0, 0.05) is 18.4 Å². The second-order valence-corrected chi connectivity index (χ2v) is 9.38. The maximum atomic E-state index is 14.2. The Bertz CT molecular complexity index is 1030. The predicted molar refractivity (Wildman–Crippen MR) is 123 cm³/mol. The van der Waals surface area contributed by atoms with Gasteiger partial charge in [-0.1, -0.05) is 20.3 Å². The van der Waals surface area contributed by atoms with Crippen molar-refractivity contribution < 1.29 is 9.13 Å². The Morgan fingerprint density at radius 3 is 2.71 bits per heavy atom. The van der Waals surface area contributed by atoms with Gasteiger partial charge in [0.2, 0.25) is 5.95 Å². The van der Waals surface area contributed by atoms with Crippen molar-refractivity contribution in [3.05, 3.63) is 52.5 Å². The average molecular weight is 441 g/mol. The predicted octanol–water partition coefficient (Wildman–Crippen LogP) is 6.49. The van der Waals surface area contributed by atoms with Crippen LogP contribution < -0.4 is 10.1 Å². The number of pyridine rings is 1. The first-order valence-corrected chi connectivity index (χ1v) is 11.8. The number of hydrogen-bond donors (Lipinski definition) is 1. The summed E-state index contributed by atoms with van der Waals surface area (Å²) in [6.07, 6.45) is 7.98. The fraction of sp³-hybridized carbons (Fsp3) is 0.458. The van der Waals surface area contributed by atoms with Gasteiger partial charge < -0.3 is 10.1 Å². The van der Waals surface area contributed by atoms with Gasteiger partial charge in [-0.3, -0.25) is 0 Å². The quantitative estimate of drug-likeness (QED) is 0.455. The highest BCUT2D eigenvalue weighted by Crippen LogP contribution is 2.34. The normalized spacial score (nSPS) is 14.7. The molecule has 0 saturated heterocycles. The lowest BCUT2D eigenvalue weighted by atomic mass is 9.98. The van der Waals surface area contributed by atoms with Gasteiger partial charge in [-0.25, -0.2) is 15.0 Å². The zero-order valence-electron chi connectivity index (χ0n) is 18.3. The number of aryl methyl sites for hydroxylation is 1. The Kier molecular flexibility index (Phi) is 6.80. The van der Waals surface area contributed by atoms with E-state index in [9.17, 15) is 4.39 Å². The van der Waals surface area contributed by atoms with E-state index in [-0.39, 0.29) is 11.2 Å². The van der Waals surface area contributed by atoms with Crippen LogP contribution in [0.4, 0.5) is 10.3 Å². The maximum Gasteiger partial charge on any atom is 0.223 e. The minimum absolute atomic E-state index is 0.231. The Morgan fingerprint density at radius 2 is 1.97 bits per heavy atom. The van der Waals surface area contributed by atoms with E-state index in [1.165, 1.54) is 19.3 Å². The summed E-state index contributed by atoms with van der Waals surface area (Å²) < 4.78 is 20.4. The molecule has 0 aliphatic heterocycles. The van der Waals surface area contributed by atoms with Crippen LogP contribution in [0, 0.1) is 12.1 Å². The van der Waals surface area contributed by atoms with E-state index in [0.29, 0.717) is 18.4 Å². The molecule has 4 rings (SSSR count). The van der Waals surface area contributed by atoms with Crippen molar-refractivity contribution >= 4 is 17.3 Å². The molecule has 3 heterocycles. The number of hydrogen-bond acceptors (Lipinski definition) is 6. The van der Waals surface area contributed by atoms with Crippen LogP contribution in [0.1, 0.15) is 68.8 Å². The van der Waals surface area contributed by atoms with Crippen LogP contribution in [0.3, 0.4) is 0 Å². The van der Waals surface area contributed by atoms with Crippen molar-refractivity contribution in [3.63, 3.8) is 0 Å². The van der Waals surface area contributed by atoms with Crippen LogP contribution in [0.2, 0.25) is 0 Å². The lowest BCUT2D eigenvalue weighted by Crippen LogP contribution is -2.20. The highest BCUT2D eigenvalue weighted by atomic mass is 32.1. The van der Waals surface area contributed by atoms with E-state index in [1.807, 2.05) is 25.1 Å². The molecule has 0 unspecified atom stereocenters. The van der Waals surface area contributed by atoms with Gasteiger partial charge in [-0.15, -0.1) is 11.3 Å². The summed E-state index contributed by atoms with van der Waals surface area (Å²) >= 11 is 1.11. The number of halogens is 1. The largest absolute Gasteiger partial charge is 0.489 e. The molecular formula is C24H29FN4OS. The molecule has 31 heavy (non-hydrogen) atoms. The maximum absolute atomic E-state index is 14.2. The van der Waals surface area contributed by atoms with Gasteiger partial charge in [0.1, 0.15) is 5.75 Å². The molecule has 1 aliphatic carbocycles. The molecule has 0 aromatic carbocycles. The number of nitrogens with zero attached hydrogens (tertiary/aromatic N) is 3. The summed E-state index contributed by atoms with van der Waals surface area (Å²) in [5.41, 5.74) is 3.41. The Labute approximate surface area is 187 Å². The van der Waals surface area contributed by atoms with Crippen LogP contribution in [0.25, 0.3) is 10.6 Å². The minimum atomic E-state index is -0.231. The van der Waals surface area contributed by atoms with Gasteiger partial charge in [-0.05, 0) is 68.4 Å². The summed E-state index contributed by atoms with van der Waals surface area (Å²) in [4.78, 5) is 14.4. The third kappa shape index (κ3) is 5.39. The first kappa shape index (κ1) is 21.7. The summed E-state index contributed by atoms with van der Waals surface area (Å²) in [7, 11) is 0. The van der Waals surface area contributed by atoms with Gasteiger partial charge >= 0.3 is 0 Å². The van der Waals surface area contributed by atoms with Crippen molar-refractivity contribution in [1.29, 1.82) is 0 Å². The average Bonchev–Trinajstić information content (AvgIpc) is 3.15. The first-order chi connectivity index (χ1) is 15.0. The standard InChI is InChI=1S/C24H29FN4OS/c1-15(2)19-11-12-26-24(29-19)27-14-17-13-22(25)31-23(17)20-9-10-21(16(3)28-20)30-18-7-5-4-6-8-18/h9-13,15,18H,4-8,14H2,1-3H3,(H,26,27,29). The van der Waals surface area contributed by atoms with Crippen LogP contribution >= 0.6 is 11.3 Å². The molecule has 3 aromatic heterocycles. The van der Waals surface area contributed by atoms with Crippen molar-refractivity contribution in [2.45, 2.75) is 71.4 Å². The number of nitrogens with one attached hydrogen (secondary N) is 1. The van der Waals surface area contributed by atoms with E-state index in [4.69, 9.17) is 9.72 Å². The van der Waals surface area contributed by atoms with E-state index in [0.717, 1.165) is 57.5 Å². The highest BCUT2D eigenvalue weighted by Gasteiger charge is 2.18. The van der Waals surface area contributed by atoms with Crippen LogP contribution in [-0.4, -0.2) is 21.1 Å². The summed E-state index contributed by atoms with van der Waals surface area (Å²) in [6.45, 7) is 6.56. The second kappa shape index (κ2) is 9.73. The van der Waals surface area contributed by atoms with E-state index < -0.39 is 0 Å². The monoisotopic (exact) mass is 440 g/mol. The van der Waals surface area contributed by atoms with Gasteiger partial charge in [0.15, 0.2) is 5.13 Å². The number of rotatable bonds is 7. The van der Waals surface area contributed by atoms with Gasteiger partial charge in [0.05, 0.1) is 22.4 Å². The Morgan fingerprint density at radius 1 is 1.16 bits per heavy atom. The third-order valence-electron chi connectivity index (χ3n) is 5.60. The third-order valence-corrected chi connectivity index (χ3v) is 6.59. The number of thiophene rings is 1. The SMILES string of the molecule is Cc1nc(-c2sc(F)cc2CNc2nccc(C(C)C)n2)ccc1OC1CCCCC1.